The zero-order chi connectivity index (χ0) is 14.3. The molecule has 4 nitrogen and oxygen atoms in total. The topological polar surface area (TPSA) is 59.2 Å². The molecular formula is C13H20F2N2O2. The van der Waals surface area contributed by atoms with E-state index in [1.165, 1.54) is 0 Å². The first-order valence-corrected chi connectivity index (χ1v) is 6.61. The summed E-state index contributed by atoms with van der Waals surface area (Å²) >= 11 is 0. The second-order valence-electron chi connectivity index (χ2n) is 6.16. The Hall–Kier alpha value is -1.04. The van der Waals surface area contributed by atoms with Gasteiger partial charge in [0, 0.05) is 6.92 Å². The molecule has 1 N–H and O–H groups in total. The van der Waals surface area contributed by atoms with E-state index in [0.717, 1.165) is 13.3 Å². The SMILES string of the molecule is C[C@H]1C[C@H](C)CC(O)(Cc2nc(C(C)(F)F)no2)C1. The van der Waals surface area contributed by atoms with Crippen molar-refractivity contribution in [3.05, 3.63) is 11.7 Å². The monoisotopic (exact) mass is 274 g/mol. The maximum absolute atomic E-state index is 13.0. The van der Waals surface area contributed by atoms with E-state index in [4.69, 9.17) is 4.52 Å². The molecule has 1 heterocycles. The molecule has 1 saturated carbocycles. The smallest absolute Gasteiger partial charge is 0.307 e. The summed E-state index contributed by atoms with van der Waals surface area (Å²) in [5.74, 6) is -2.84. The molecule has 0 radical (unpaired) electrons. The number of aromatic nitrogens is 2. The van der Waals surface area contributed by atoms with Crippen LogP contribution >= 0.6 is 0 Å². The van der Waals surface area contributed by atoms with E-state index in [9.17, 15) is 13.9 Å². The molecule has 0 bridgehead atoms. The minimum absolute atomic E-state index is 0.0836. The van der Waals surface area contributed by atoms with Gasteiger partial charge in [-0.2, -0.15) is 13.8 Å². The maximum Gasteiger partial charge on any atom is 0.307 e. The molecule has 0 amide bonds. The van der Waals surface area contributed by atoms with Crippen molar-refractivity contribution >= 4 is 0 Å². The summed E-state index contributed by atoms with van der Waals surface area (Å²) in [7, 11) is 0. The van der Waals surface area contributed by atoms with Crippen molar-refractivity contribution in [3.63, 3.8) is 0 Å². The van der Waals surface area contributed by atoms with Crippen LogP contribution in [0.1, 0.15) is 51.7 Å². The molecule has 2 atom stereocenters. The maximum atomic E-state index is 13.0. The molecule has 0 aromatic carbocycles. The fraction of sp³-hybridized carbons (Fsp3) is 0.846. The summed E-state index contributed by atoms with van der Waals surface area (Å²) in [6.07, 6.45) is 2.49. The Kier molecular flexibility index (Phi) is 3.64. The number of nitrogens with zero attached hydrogens (tertiary/aromatic N) is 2. The van der Waals surface area contributed by atoms with Crippen molar-refractivity contribution in [2.75, 3.05) is 0 Å². The second-order valence-corrected chi connectivity index (χ2v) is 6.16. The molecule has 0 unspecified atom stereocenters. The van der Waals surface area contributed by atoms with Gasteiger partial charge >= 0.3 is 5.92 Å². The minimum atomic E-state index is -3.11. The molecule has 1 aromatic rings. The lowest BCUT2D eigenvalue weighted by Gasteiger charge is -2.38. The van der Waals surface area contributed by atoms with Crippen LogP contribution in [0.2, 0.25) is 0 Å². The molecule has 19 heavy (non-hydrogen) atoms. The van der Waals surface area contributed by atoms with Crippen LogP contribution in [-0.2, 0) is 12.3 Å². The van der Waals surface area contributed by atoms with Gasteiger partial charge in [0.1, 0.15) is 0 Å². The largest absolute Gasteiger partial charge is 0.389 e. The van der Waals surface area contributed by atoms with Gasteiger partial charge in [-0.05, 0) is 31.1 Å². The lowest BCUT2D eigenvalue weighted by atomic mass is 9.72. The summed E-state index contributed by atoms with van der Waals surface area (Å²) in [6.45, 7) is 4.89. The van der Waals surface area contributed by atoms with E-state index < -0.39 is 17.3 Å². The highest BCUT2D eigenvalue weighted by molar-refractivity contribution is 4.99. The predicted molar refractivity (Wildman–Crippen MR) is 64.7 cm³/mol. The molecule has 6 heteroatoms. The van der Waals surface area contributed by atoms with Gasteiger partial charge in [-0.15, -0.1) is 0 Å². The summed E-state index contributed by atoms with van der Waals surface area (Å²) < 4.78 is 30.9. The summed E-state index contributed by atoms with van der Waals surface area (Å²) in [5.41, 5.74) is -0.927. The molecule has 1 aromatic heterocycles. The normalized spacial score (nSPS) is 32.5. The molecule has 108 valence electrons. The third kappa shape index (κ3) is 3.49. The Balaban J connectivity index is 2.10. The first-order chi connectivity index (χ1) is 8.68. The second kappa shape index (κ2) is 4.81. The first-order valence-electron chi connectivity index (χ1n) is 6.61. The van der Waals surface area contributed by atoms with Gasteiger partial charge < -0.3 is 9.63 Å². The Morgan fingerprint density at radius 3 is 2.42 bits per heavy atom. The lowest BCUT2D eigenvalue weighted by molar-refractivity contribution is -0.0355. The van der Waals surface area contributed by atoms with Gasteiger partial charge in [-0.3, -0.25) is 0 Å². The van der Waals surface area contributed by atoms with Gasteiger partial charge in [-0.25, -0.2) is 0 Å². The van der Waals surface area contributed by atoms with E-state index in [2.05, 4.69) is 24.0 Å². The number of alkyl halides is 2. The van der Waals surface area contributed by atoms with Crippen LogP contribution in [-0.4, -0.2) is 20.8 Å². The van der Waals surface area contributed by atoms with Crippen LogP contribution < -0.4 is 0 Å². The third-order valence-corrected chi connectivity index (χ3v) is 3.60. The van der Waals surface area contributed by atoms with Crippen LogP contribution in [0.25, 0.3) is 0 Å². The van der Waals surface area contributed by atoms with Crippen molar-refractivity contribution in [1.29, 1.82) is 0 Å². The Morgan fingerprint density at radius 2 is 1.95 bits per heavy atom. The molecule has 2 rings (SSSR count). The third-order valence-electron chi connectivity index (χ3n) is 3.60. The van der Waals surface area contributed by atoms with E-state index in [-0.39, 0.29) is 12.3 Å². The standard InChI is InChI=1S/C13H20F2N2O2/c1-8-4-9(2)6-13(18,5-8)7-10-16-11(17-19-10)12(3,14)15/h8-9,18H,4-7H2,1-3H3/t8-,9-/m0/s1. The average Bonchev–Trinajstić information content (AvgIpc) is 2.61. The quantitative estimate of drug-likeness (QED) is 0.920. The van der Waals surface area contributed by atoms with Crippen LogP contribution in [0, 0.1) is 11.8 Å². The van der Waals surface area contributed by atoms with E-state index in [0.29, 0.717) is 24.7 Å². The zero-order valence-electron chi connectivity index (χ0n) is 11.5. The molecule has 1 fully saturated rings. The highest BCUT2D eigenvalue weighted by atomic mass is 19.3. The highest BCUT2D eigenvalue weighted by Crippen LogP contribution is 2.38. The van der Waals surface area contributed by atoms with Gasteiger partial charge in [0.15, 0.2) is 0 Å². The predicted octanol–water partition coefficient (Wildman–Crippen LogP) is 2.91. The van der Waals surface area contributed by atoms with Gasteiger partial charge in [0.2, 0.25) is 11.7 Å². The molecule has 0 saturated heterocycles. The van der Waals surface area contributed by atoms with Crippen LogP contribution in [0.5, 0.6) is 0 Å². The Labute approximate surface area is 111 Å². The number of rotatable bonds is 3. The van der Waals surface area contributed by atoms with E-state index in [1.54, 1.807) is 0 Å². The van der Waals surface area contributed by atoms with Crippen LogP contribution in [0.4, 0.5) is 8.78 Å². The zero-order valence-corrected chi connectivity index (χ0v) is 11.5. The van der Waals surface area contributed by atoms with Crippen molar-refractivity contribution in [2.45, 2.75) is 58.0 Å². The Morgan fingerprint density at radius 1 is 1.37 bits per heavy atom. The van der Waals surface area contributed by atoms with Gasteiger partial charge in [-0.1, -0.05) is 19.0 Å². The molecule has 1 aliphatic carbocycles. The highest BCUT2D eigenvalue weighted by Gasteiger charge is 2.39. The van der Waals surface area contributed by atoms with Crippen LogP contribution in [0.3, 0.4) is 0 Å². The van der Waals surface area contributed by atoms with Crippen molar-refractivity contribution < 1.29 is 18.4 Å². The fourth-order valence-corrected chi connectivity index (χ4v) is 3.16. The molecular weight excluding hydrogens is 254 g/mol. The summed E-state index contributed by atoms with van der Waals surface area (Å²) in [5, 5.41) is 13.8. The molecule has 0 spiro atoms. The average molecular weight is 274 g/mol. The van der Waals surface area contributed by atoms with Crippen molar-refractivity contribution in [3.8, 4) is 0 Å². The van der Waals surface area contributed by atoms with Crippen molar-refractivity contribution in [1.82, 2.24) is 10.1 Å². The fourth-order valence-electron chi connectivity index (χ4n) is 3.16. The number of aliphatic hydroxyl groups is 1. The van der Waals surface area contributed by atoms with E-state index in [1.807, 2.05) is 0 Å². The molecule has 1 aliphatic rings. The van der Waals surface area contributed by atoms with E-state index >= 15 is 0 Å². The number of hydrogen-bond acceptors (Lipinski definition) is 4. The number of halogens is 2. The lowest BCUT2D eigenvalue weighted by Crippen LogP contribution is -2.39. The van der Waals surface area contributed by atoms with Gasteiger partial charge in [0.05, 0.1) is 12.0 Å². The van der Waals surface area contributed by atoms with Crippen LogP contribution in [0.15, 0.2) is 4.52 Å². The minimum Gasteiger partial charge on any atom is -0.389 e. The summed E-state index contributed by atoms with van der Waals surface area (Å²) in [4.78, 5) is 3.68. The summed E-state index contributed by atoms with van der Waals surface area (Å²) in [6, 6.07) is 0. The van der Waals surface area contributed by atoms with Crippen molar-refractivity contribution in [2.24, 2.45) is 11.8 Å². The number of hydrogen-bond donors (Lipinski definition) is 1. The first kappa shape index (κ1) is 14.4. The Bertz CT molecular complexity index is 432. The molecule has 0 aliphatic heterocycles. The van der Waals surface area contributed by atoms with Gasteiger partial charge in [0.25, 0.3) is 0 Å².